The lowest BCUT2D eigenvalue weighted by atomic mass is 10.1. The van der Waals surface area contributed by atoms with Crippen LogP contribution >= 0.6 is 0 Å². The molecule has 0 spiro atoms. The van der Waals surface area contributed by atoms with E-state index in [1.54, 1.807) is 0 Å². The molecule has 3 N–H and O–H groups in total. The first-order chi connectivity index (χ1) is 8.00. The van der Waals surface area contributed by atoms with Crippen molar-refractivity contribution >= 4 is 23.0 Å². The molecule has 1 aromatic heterocycles. The Hall–Kier alpha value is -2.41. The average Bonchev–Trinajstić information content (AvgIpc) is 2.71. The second-order valence-corrected chi connectivity index (χ2v) is 3.26. The number of hydrogen-bond donors (Lipinski definition) is 3. The Balaban J connectivity index is 2.64. The molecule has 7 heteroatoms. The van der Waals surface area contributed by atoms with Crippen LogP contribution in [0.3, 0.4) is 0 Å². The third kappa shape index (κ3) is 1.83. The first-order valence-corrected chi connectivity index (χ1v) is 4.54. The molecule has 2 aromatic rings. The minimum absolute atomic E-state index is 0.00810. The number of fused-ring (bicyclic) bond motifs is 1. The lowest BCUT2D eigenvalue weighted by molar-refractivity contribution is -0.146. The van der Waals surface area contributed by atoms with Crippen molar-refractivity contribution in [3.8, 4) is 0 Å². The highest BCUT2D eigenvalue weighted by Gasteiger charge is 2.22. The fourth-order valence-corrected chi connectivity index (χ4v) is 1.41. The minimum Gasteiger partial charge on any atom is -0.479 e. The molecule has 1 aromatic carbocycles. The number of aromatic nitrogens is 1. The molecular formula is C10H7NO6. The monoisotopic (exact) mass is 237 g/mol. The van der Waals surface area contributed by atoms with Crippen molar-refractivity contribution in [2.24, 2.45) is 0 Å². The lowest BCUT2D eigenvalue weighted by Crippen LogP contribution is -2.10. The van der Waals surface area contributed by atoms with E-state index in [9.17, 15) is 14.7 Å². The second kappa shape index (κ2) is 3.87. The van der Waals surface area contributed by atoms with E-state index in [4.69, 9.17) is 14.6 Å². The van der Waals surface area contributed by atoms with Crippen molar-refractivity contribution in [3.05, 3.63) is 29.7 Å². The predicted octanol–water partition coefficient (Wildman–Crippen LogP) is 0.644. The molecule has 0 aliphatic rings. The molecular weight excluding hydrogens is 230 g/mol. The van der Waals surface area contributed by atoms with E-state index < -0.39 is 23.9 Å². The van der Waals surface area contributed by atoms with Gasteiger partial charge in [-0.25, -0.2) is 14.6 Å². The van der Waals surface area contributed by atoms with Crippen LogP contribution in [0.15, 0.2) is 22.6 Å². The Kier molecular flexibility index (Phi) is 2.52. The number of aliphatic hydroxyl groups excluding tert-OH is 1. The van der Waals surface area contributed by atoms with E-state index in [0.29, 0.717) is 0 Å². The Labute approximate surface area is 93.9 Å². The van der Waals surface area contributed by atoms with E-state index in [1.807, 2.05) is 0 Å². The zero-order chi connectivity index (χ0) is 12.6. The summed E-state index contributed by atoms with van der Waals surface area (Å²) >= 11 is 0. The van der Waals surface area contributed by atoms with E-state index in [0.717, 1.165) is 0 Å². The lowest BCUT2D eigenvalue weighted by Gasteiger charge is -2.04. The standard InChI is InChI=1S/C10H7NO6/c12-7(9(13)14)4-2-1-3-5-6(4)11-8(17-5)10(15)16/h1-3,7,12H,(H,13,14)(H,15,16). The van der Waals surface area contributed by atoms with Gasteiger partial charge in [-0.15, -0.1) is 0 Å². The van der Waals surface area contributed by atoms with Gasteiger partial charge in [0.15, 0.2) is 11.7 Å². The molecule has 1 heterocycles. The number of aliphatic hydroxyl groups is 1. The van der Waals surface area contributed by atoms with Crippen LogP contribution < -0.4 is 0 Å². The van der Waals surface area contributed by atoms with Gasteiger partial charge in [0, 0.05) is 5.56 Å². The van der Waals surface area contributed by atoms with Crippen molar-refractivity contribution in [2.75, 3.05) is 0 Å². The summed E-state index contributed by atoms with van der Waals surface area (Å²) < 4.78 is 4.89. The maximum Gasteiger partial charge on any atom is 0.392 e. The van der Waals surface area contributed by atoms with Gasteiger partial charge in [0.25, 0.3) is 0 Å². The molecule has 17 heavy (non-hydrogen) atoms. The van der Waals surface area contributed by atoms with Crippen LogP contribution in [0.5, 0.6) is 0 Å². The summed E-state index contributed by atoms with van der Waals surface area (Å²) in [5.41, 5.74) is 0.131. The van der Waals surface area contributed by atoms with Crippen molar-refractivity contribution in [2.45, 2.75) is 6.10 Å². The molecule has 0 bridgehead atoms. The number of rotatable bonds is 3. The minimum atomic E-state index is -1.77. The smallest absolute Gasteiger partial charge is 0.392 e. The zero-order valence-electron chi connectivity index (χ0n) is 8.32. The van der Waals surface area contributed by atoms with Crippen LogP contribution in [0.1, 0.15) is 22.4 Å². The van der Waals surface area contributed by atoms with Crippen LogP contribution in [0.25, 0.3) is 11.1 Å². The number of oxazole rings is 1. The molecule has 0 fully saturated rings. The molecule has 1 atom stereocenters. The molecule has 0 radical (unpaired) electrons. The van der Waals surface area contributed by atoms with Gasteiger partial charge in [-0.1, -0.05) is 12.1 Å². The maximum atomic E-state index is 10.7. The summed E-state index contributed by atoms with van der Waals surface area (Å²) in [4.78, 5) is 24.9. The SMILES string of the molecule is O=C(O)c1nc2c(C(O)C(=O)O)cccc2o1. The Morgan fingerprint density at radius 2 is 2.00 bits per heavy atom. The topological polar surface area (TPSA) is 121 Å². The Morgan fingerprint density at radius 1 is 1.29 bits per heavy atom. The largest absolute Gasteiger partial charge is 0.479 e. The van der Waals surface area contributed by atoms with Crippen molar-refractivity contribution in [3.63, 3.8) is 0 Å². The number of hydrogen-bond acceptors (Lipinski definition) is 5. The summed E-state index contributed by atoms with van der Waals surface area (Å²) in [6.45, 7) is 0. The van der Waals surface area contributed by atoms with Gasteiger partial charge in [0.05, 0.1) is 0 Å². The second-order valence-electron chi connectivity index (χ2n) is 3.26. The van der Waals surface area contributed by atoms with Crippen molar-refractivity contribution in [1.29, 1.82) is 0 Å². The first kappa shape index (κ1) is 11.1. The normalized spacial score (nSPS) is 12.5. The first-order valence-electron chi connectivity index (χ1n) is 4.54. The number of aromatic carboxylic acids is 1. The van der Waals surface area contributed by atoms with Gasteiger partial charge in [0.2, 0.25) is 0 Å². The van der Waals surface area contributed by atoms with Crippen LogP contribution in [-0.2, 0) is 4.79 Å². The van der Waals surface area contributed by atoms with Crippen LogP contribution in [0.2, 0.25) is 0 Å². The van der Waals surface area contributed by atoms with Crippen LogP contribution in [0.4, 0.5) is 0 Å². The summed E-state index contributed by atoms with van der Waals surface area (Å²) in [6, 6.07) is 4.22. The zero-order valence-corrected chi connectivity index (χ0v) is 8.32. The van der Waals surface area contributed by atoms with E-state index in [-0.39, 0.29) is 16.7 Å². The Bertz CT molecular complexity index is 602. The summed E-state index contributed by atoms with van der Waals surface area (Å²) in [5, 5.41) is 26.8. The molecule has 0 aliphatic carbocycles. The van der Waals surface area contributed by atoms with E-state index >= 15 is 0 Å². The molecule has 0 saturated carbocycles. The van der Waals surface area contributed by atoms with E-state index in [2.05, 4.69) is 4.98 Å². The highest BCUT2D eigenvalue weighted by Crippen LogP contribution is 2.24. The quantitative estimate of drug-likeness (QED) is 0.716. The van der Waals surface area contributed by atoms with Crippen LogP contribution in [-0.4, -0.2) is 32.2 Å². The molecule has 0 amide bonds. The molecule has 0 saturated heterocycles. The number of carboxylic acid groups (broad SMARTS) is 2. The fourth-order valence-electron chi connectivity index (χ4n) is 1.41. The highest BCUT2D eigenvalue weighted by molar-refractivity contribution is 5.89. The third-order valence-corrected chi connectivity index (χ3v) is 2.16. The highest BCUT2D eigenvalue weighted by atomic mass is 16.4. The summed E-state index contributed by atoms with van der Waals surface area (Å²) in [5.74, 6) is -3.36. The summed E-state index contributed by atoms with van der Waals surface area (Å²) in [6.07, 6.45) is -1.77. The molecule has 2 rings (SSSR count). The number of para-hydroxylation sites is 1. The maximum absolute atomic E-state index is 10.7. The fraction of sp³-hybridized carbons (Fsp3) is 0.100. The van der Waals surface area contributed by atoms with Gasteiger partial charge in [-0.2, -0.15) is 0 Å². The molecule has 1 unspecified atom stereocenters. The predicted molar refractivity (Wildman–Crippen MR) is 53.6 cm³/mol. The van der Waals surface area contributed by atoms with Crippen molar-refractivity contribution < 1.29 is 29.3 Å². The molecule has 7 nitrogen and oxygen atoms in total. The number of benzene rings is 1. The number of carboxylic acids is 2. The number of carbonyl (C=O) groups is 2. The molecule has 88 valence electrons. The van der Waals surface area contributed by atoms with Crippen LogP contribution in [0, 0.1) is 0 Å². The number of nitrogens with zero attached hydrogens (tertiary/aromatic N) is 1. The average molecular weight is 237 g/mol. The van der Waals surface area contributed by atoms with Crippen molar-refractivity contribution in [1.82, 2.24) is 4.98 Å². The summed E-state index contributed by atoms with van der Waals surface area (Å²) in [7, 11) is 0. The molecule has 0 aliphatic heterocycles. The van der Waals surface area contributed by atoms with E-state index in [1.165, 1.54) is 18.2 Å². The van der Waals surface area contributed by atoms with Gasteiger partial charge in [0.1, 0.15) is 5.52 Å². The van der Waals surface area contributed by atoms with Gasteiger partial charge in [-0.3, -0.25) is 0 Å². The van der Waals surface area contributed by atoms with Gasteiger partial charge < -0.3 is 19.7 Å². The van der Waals surface area contributed by atoms with Gasteiger partial charge >= 0.3 is 17.8 Å². The Morgan fingerprint density at radius 3 is 2.59 bits per heavy atom. The third-order valence-electron chi connectivity index (χ3n) is 2.16. The number of aliphatic carboxylic acids is 1. The van der Waals surface area contributed by atoms with Gasteiger partial charge in [-0.05, 0) is 6.07 Å².